The Balaban J connectivity index is 1.55. The van der Waals surface area contributed by atoms with Gasteiger partial charge < -0.3 is 31.3 Å². The van der Waals surface area contributed by atoms with Crippen LogP contribution in [0.15, 0.2) is 18.2 Å². The Morgan fingerprint density at radius 3 is 2.53 bits per heavy atom. The number of fused-ring (bicyclic) bond motifs is 1. The summed E-state index contributed by atoms with van der Waals surface area (Å²) in [6, 6.07) is -0.633. The van der Waals surface area contributed by atoms with Crippen LogP contribution in [0.3, 0.4) is 0 Å². The standard InChI is InChI=1S/C33H43ClFN7O7/c1-18-23(19(2)41(3)40-18)9-11-29(44)38-25-6-4-5-13-36-28(43)12-10-26(33(48)49)39-31(46)27-16-22(17-42(27)32(25)47)37-30(45)14-20-7-8-21(35)15-24(20)34/h7-8,15,22,25-27H,4-6,9-14,16-17H2,1-3H3,(H,36,43)(H,37,45)(H,38,44)(H,39,46)(H,48,49)/t22-,25+,26+,27+/m1/s1. The summed E-state index contributed by atoms with van der Waals surface area (Å²) in [5.74, 6) is -4.43. The van der Waals surface area contributed by atoms with Gasteiger partial charge in [-0.3, -0.25) is 28.7 Å². The monoisotopic (exact) mass is 703 g/mol. The van der Waals surface area contributed by atoms with Gasteiger partial charge in [-0.25, -0.2) is 9.18 Å². The van der Waals surface area contributed by atoms with Crippen LogP contribution < -0.4 is 21.3 Å². The normalized spacial score (nSPS) is 22.3. The molecule has 266 valence electrons. The summed E-state index contributed by atoms with van der Waals surface area (Å²) in [5.41, 5.74) is 3.06. The van der Waals surface area contributed by atoms with Gasteiger partial charge in [-0.15, -0.1) is 0 Å². The van der Waals surface area contributed by atoms with Gasteiger partial charge >= 0.3 is 5.97 Å². The molecule has 4 rings (SSSR count). The number of carbonyl (C=O) groups excluding carboxylic acids is 5. The third kappa shape index (κ3) is 10.00. The van der Waals surface area contributed by atoms with E-state index < -0.39 is 53.7 Å². The van der Waals surface area contributed by atoms with Gasteiger partial charge in [-0.1, -0.05) is 17.7 Å². The number of carboxylic acid groups (broad SMARTS) is 1. The van der Waals surface area contributed by atoms with Gasteiger partial charge in [0.1, 0.15) is 23.9 Å². The molecule has 4 atom stereocenters. The predicted molar refractivity (Wildman–Crippen MR) is 176 cm³/mol. The largest absolute Gasteiger partial charge is 0.480 e. The molecule has 2 aliphatic heterocycles. The van der Waals surface area contributed by atoms with Crippen molar-refractivity contribution >= 4 is 47.1 Å². The molecule has 0 bridgehead atoms. The average molecular weight is 704 g/mol. The van der Waals surface area contributed by atoms with Gasteiger partial charge in [-0.05, 0) is 75.6 Å². The average Bonchev–Trinajstić information content (AvgIpc) is 3.56. The maximum absolute atomic E-state index is 14.2. The lowest BCUT2D eigenvalue weighted by atomic mass is 10.0. The molecule has 2 aromatic rings. The number of carboxylic acids is 1. The maximum atomic E-state index is 14.2. The van der Waals surface area contributed by atoms with Crippen molar-refractivity contribution in [3.8, 4) is 0 Å². The molecule has 16 heteroatoms. The molecule has 3 heterocycles. The van der Waals surface area contributed by atoms with Crippen molar-refractivity contribution in [3.05, 3.63) is 51.6 Å². The topological polar surface area (TPSA) is 192 Å². The summed E-state index contributed by atoms with van der Waals surface area (Å²) >= 11 is 6.10. The molecular weight excluding hydrogens is 661 g/mol. The number of benzene rings is 1. The van der Waals surface area contributed by atoms with Gasteiger partial charge in [0, 0.05) is 49.7 Å². The second kappa shape index (κ2) is 16.7. The van der Waals surface area contributed by atoms with Gasteiger partial charge in [-0.2, -0.15) is 5.10 Å². The van der Waals surface area contributed by atoms with E-state index >= 15 is 0 Å². The molecule has 2 saturated heterocycles. The summed E-state index contributed by atoms with van der Waals surface area (Å²) in [7, 11) is 1.82. The molecule has 0 spiro atoms. The van der Waals surface area contributed by atoms with Crippen LogP contribution in [-0.4, -0.2) is 92.5 Å². The van der Waals surface area contributed by atoms with Crippen molar-refractivity contribution < 1.29 is 38.3 Å². The van der Waals surface area contributed by atoms with Crippen molar-refractivity contribution in [1.82, 2.24) is 35.9 Å². The van der Waals surface area contributed by atoms with Crippen molar-refractivity contribution in [2.24, 2.45) is 7.05 Å². The zero-order valence-corrected chi connectivity index (χ0v) is 28.6. The van der Waals surface area contributed by atoms with Gasteiger partial charge in [0.2, 0.25) is 29.5 Å². The molecule has 5 N–H and O–H groups in total. The summed E-state index contributed by atoms with van der Waals surface area (Å²) in [6.07, 6.45) is 1.14. The molecule has 5 amide bonds. The van der Waals surface area contributed by atoms with Crippen LogP contribution in [0.25, 0.3) is 0 Å². The number of rotatable bonds is 8. The van der Waals surface area contributed by atoms with Crippen LogP contribution in [0.2, 0.25) is 5.02 Å². The van der Waals surface area contributed by atoms with Crippen molar-refractivity contribution in [3.63, 3.8) is 0 Å². The lowest BCUT2D eigenvalue weighted by molar-refractivity contribution is -0.145. The molecule has 0 saturated carbocycles. The third-order valence-electron chi connectivity index (χ3n) is 9.03. The van der Waals surface area contributed by atoms with E-state index in [2.05, 4.69) is 26.4 Å². The van der Waals surface area contributed by atoms with E-state index in [0.717, 1.165) is 23.0 Å². The molecule has 2 aliphatic rings. The van der Waals surface area contributed by atoms with Crippen LogP contribution in [0.4, 0.5) is 4.39 Å². The summed E-state index contributed by atoms with van der Waals surface area (Å²) < 4.78 is 15.2. The first-order valence-electron chi connectivity index (χ1n) is 16.4. The fourth-order valence-electron chi connectivity index (χ4n) is 6.28. The number of carbonyl (C=O) groups is 6. The van der Waals surface area contributed by atoms with E-state index in [1.807, 2.05) is 20.9 Å². The number of nitrogens with one attached hydrogen (secondary N) is 4. The number of aromatic nitrogens is 2. The quantitative estimate of drug-likeness (QED) is 0.271. The number of aryl methyl sites for hydroxylation is 2. The van der Waals surface area contributed by atoms with Gasteiger partial charge in [0.05, 0.1) is 12.1 Å². The summed E-state index contributed by atoms with van der Waals surface area (Å²) in [4.78, 5) is 79.6. The van der Waals surface area contributed by atoms with Gasteiger partial charge in [0.25, 0.3) is 0 Å². The molecule has 14 nitrogen and oxygen atoms in total. The minimum atomic E-state index is -1.40. The second-order valence-corrected chi connectivity index (χ2v) is 13.0. The van der Waals surface area contributed by atoms with E-state index in [0.29, 0.717) is 24.8 Å². The number of hydrogen-bond acceptors (Lipinski definition) is 7. The highest BCUT2D eigenvalue weighted by Crippen LogP contribution is 2.23. The Bertz CT molecular complexity index is 1600. The first-order valence-corrected chi connectivity index (χ1v) is 16.7. The zero-order chi connectivity index (χ0) is 35.8. The Morgan fingerprint density at radius 1 is 1.10 bits per heavy atom. The van der Waals surface area contributed by atoms with Crippen LogP contribution in [0.5, 0.6) is 0 Å². The highest BCUT2D eigenvalue weighted by atomic mass is 35.5. The highest BCUT2D eigenvalue weighted by Gasteiger charge is 2.43. The van der Waals surface area contributed by atoms with Crippen LogP contribution in [-0.2, 0) is 48.7 Å². The van der Waals surface area contributed by atoms with Crippen molar-refractivity contribution in [1.29, 1.82) is 0 Å². The molecule has 2 fully saturated rings. The van der Waals surface area contributed by atoms with Crippen LogP contribution >= 0.6 is 11.6 Å². The van der Waals surface area contributed by atoms with E-state index in [9.17, 15) is 38.3 Å². The smallest absolute Gasteiger partial charge is 0.326 e. The number of hydrogen-bond donors (Lipinski definition) is 5. The third-order valence-corrected chi connectivity index (χ3v) is 9.38. The van der Waals surface area contributed by atoms with Crippen molar-refractivity contribution in [2.75, 3.05) is 13.1 Å². The minimum Gasteiger partial charge on any atom is -0.480 e. The first-order chi connectivity index (χ1) is 23.2. The minimum absolute atomic E-state index is 0.0342. The second-order valence-electron chi connectivity index (χ2n) is 12.6. The maximum Gasteiger partial charge on any atom is 0.326 e. The van der Waals surface area contributed by atoms with Crippen molar-refractivity contribution in [2.45, 2.75) is 95.8 Å². The number of amides is 5. The highest BCUT2D eigenvalue weighted by molar-refractivity contribution is 6.31. The van der Waals surface area contributed by atoms with Crippen LogP contribution in [0.1, 0.15) is 67.5 Å². The molecule has 1 aromatic heterocycles. The number of nitrogens with zero attached hydrogens (tertiary/aromatic N) is 3. The van der Waals surface area contributed by atoms with Crippen LogP contribution in [0, 0.1) is 19.7 Å². The van der Waals surface area contributed by atoms with E-state index in [-0.39, 0.29) is 68.5 Å². The lowest BCUT2D eigenvalue weighted by Gasteiger charge is -2.29. The molecular formula is C33H43ClFN7O7. The Hall–Kier alpha value is -4.53. The SMILES string of the molecule is Cc1nn(C)c(C)c1CCC(=O)N[C@H]1CCCCNC(=O)CC[C@@H](C(=O)O)NC(=O)[C@@H]2C[C@@H](NC(=O)Cc3ccc(F)cc3Cl)CN2C1=O. The van der Waals surface area contributed by atoms with E-state index in [4.69, 9.17) is 11.6 Å². The molecule has 0 unspecified atom stereocenters. The molecule has 0 aliphatic carbocycles. The first kappa shape index (κ1) is 37.3. The number of aliphatic carboxylic acids is 1. The fourth-order valence-corrected chi connectivity index (χ4v) is 6.52. The summed E-state index contributed by atoms with van der Waals surface area (Å²) in [5, 5.41) is 25.1. The predicted octanol–water partition coefficient (Wildman–Crippen LogP) is 1.22. The fraction of sp³-hybridized carbons (Fsp3) is 0.545. The molecule has 1 aromatic carbocycles. The molecule has 49 heavy (non-hydrogen) atoms. The Labute approximate surface area is 288 Å². The van der Waals surface area contributed by atoms with Gasteiger partial charge in [0.15, 0.2) is 0 Å². The number of halogens is 2. The lowest BCUT2D eigenvalue weighted by Crippen LogP contribution is -2.55. The Morgan fingerprint density at radius 2 is 1.86 bits per heavy atom. The Kier molecular flexibility index (Phi) is 12.7. The van der Waals surface area contributed by atoms with E-state index in [1.54, 1.807) is 4.68 Å². The van der Waals surface area contributed by atoms with E-state index in [1.165, 1.54) is 17.0 Å². The molecule has 0 radical (unpaired) electrons. The zero-order valence-electron chi connectivity index (χ0n) is 27.8. The summed E-state index contributed by atoms with van der Waals surface area (Å²) in [6.45, 7) is 3.97.